The molecule has 2 heterocycles. The maximum absolute atomic E-state index is 12.2. The second kappa shape index (κ2) is 15.7. The van der Waals surface area contributed by atoms with Gasteiger partial charge >= 0.3 is 0 Å². The molecular formula is C42H72O13. The number of rotatable bonds is 10. The number of ether oxygens (including phenoxy) is 4. The Kier molecular flexibility index (Phi) is 12.5. The number of fused-ring (bicyclic) bond motifs is 5. The molecule has 4 saturated carbocycles. The molecule has 0 radical (unpaired) electrons. The number of aliphatic hydroxyl groups is 9. The van der Waals surface area contributed by atoms with Crippen LogP contribution in [0.15, 0.2) is 11.6 Å². The summed E-state index contributed by atoms with van der Waals surface area (Å²) in [5.74, 6) is 0.445. The number of hydrogen-bond acceptors (Lipinski definition) is 13. The second-order valence-electron chi connectivity index (χ2n) is 20.1. The van der Waals surface area contributed by atoms with Gasteiger partial charge in [-0.05, 0) is 124 Å². The summed E-state index contributed by atoms with van der Waals surface area (Å²) in [4.78, 5) is 0. The Morgan fingerprint density at radius 1 is 0.727 bits per heavy atom. The minimum atomic E-state index is -1.75. The van der Waals surface area contributed by atoms with Crippen molar-refractivity contribution in [2.24, 2.45) is 45.3 Å². The van der Waals surface area contributed by atoms with Crippen molar-refractivity contribution in [3.63, 3.8) is 0 Å². The molecule has 4 unspecified atom stereocenters. The third-order valence-corrected chi connectivity index (χ3v) is 16.6. The summed E-state index contributed by atoms with van der Waals surface area (Å²) in [6, 6.07) is 0. The van der Waals surface area contributed by atoms with Crippen LogP contribution in [0.3, 0.4) is 0 Å². The van der Waals surface area contributed by atoms with Gasteiger partial charge in [-0.2, -0.15) is 0 Å². The number of aliphatic hydroxyl groups excluding tert-OH is 8. The lowest BCUT2D eigenvalue weighted by Crippen LogP contribution is -2.68. The van der Waals surface area contributed by atoms with Gasteiger partial charge in [-0.25, -0.2) is 0 Å². The standard InChI is InChI=1S/C42H72O13/c1-21(2)10-9-14-42(8,51)22-11-16-41(7)29(22)23(45)18-27-39(5)15-13-28(38(3,4)26(39)12-17-40(27,41)6)54-37-35(33(49)31(47)25(20-44)53-37)55-36-34(50)32(48)30(46)24(19-43)52-36/h10,22-37,43-51H,9,11-20H2,1-8H3/t22?,23-,24-,25-,26?,27?,28+,29?,30-,31-,32+,33+,34-,35-,36+,37+,39+,40-,41-,42+/m1/s1. The third kappa shape index (κ3) is 7.20. The molecule has 6 aliphatic rings. The van der Waals surface area contributed by atoms with E-state index >= 15 is 0 Å². The Morgan fingerprint density at radius 3 is 1.95 bits per heavy atom. The Bertz CT molecular complexity index is 1370. The van der Waals surface area contributed by atoms with Gasteiger partial charge in [0, 0.05) is 0 Å². The fourth-order valence-corrected chi connectivity index (χ4v) is 13.3. The van der Waals surface area contributed by atoms with Crippen LogP contribution in [0.1, 0.15) is 113 Å². The molecule has 2 saturated heterocycles. The van der Waals surface area contributed by atoms with Crippen molar-refractivity contribution < 1.29 is 64.9 Å². The SMILES string of the molecule is CC(C)=CCC[C@](C)(O)C1CC[C@]2(C)C1[C@H](O)CC1[C@@]3(C)CC[C@H](O[C@@H]4O[C@H](CO)[C@@H](O)[C@H](O)[C@H]4O[C@@H]4O[C@H](CO)[C@@H](O)[C@H](O)[C@H]4O)C(C)(C)C3CC[C@]12C. The van der Waals surface area contributed by atoms with E-state index in [1.165, 1.54) is 5.57 Å². The second-order valence-corrected chi connectivity index (χ2v) is 20.1. The first-order chi connectivity index (χ1) is 25.6. The van der Waals surface area contributed by atoms with E-state index < -0.39 is 97.8 Å². The van der Waals surface area contributed by atoms with Crippen LogP contribution in [0.4, 0.5) is 0 Å². The predicted molar refractivity (Wildman–Crippen MR) is 201 cm³/mol. The van der Waals surface area contributed by atoms with Crippen LogP contribution >= 0.6 is 0 Å². The van der Waals surface area contributed by atoms with E-state index in [-0.39, 0.29) is 39.9 Å². The zero-order valence-corrected chi connectivity index (χ0v) is 34.3. The van der Waals surface area contributed by atoms with Crippen molar-refractivity contribution in [3.8, 4) is 0 Å². The fraction of sp³-hybridized carbons (Fsp3) is 0.952. The molecule has 13 nitrogen and oxygen atoms in total. The Labute approximate surface area is 327 Å². The van der Waals surface area contributed by atoms with E-state index in [2.05, 4.69) is 54.5 Å². The molecule has 0 aromatic heterocycles. The average Bonchev–Trinajstić information content (AvgIpc) is 3.50. The molecule has 20 atom stereocenters. The van der Waals surface area contributed by atoms with Gasteiger partial charge in [-0.1, -0.05) is 46.3 Å². The molecule has 318 valence electrons. The quantitative estimate of drug-likeness (QED) is 0.115. The van der Waals surface area contributed by atoms with Crippen LogP contribution in [0, 0.1) is 45.3 Å². The topological polar surface area (TPSA) is 219 Å². The van der Waals surface area contributed by atoms with Gasteiger partial charge in [0.05, 0.1) is 31.0 Å². The van der Waals surface area contributed by atoms with Crippen molar-refractivity contribution >= 4 is 0 Å². The molecule has 4 aliphatic carbocycles. The highest BCUT2D eigenvalue weighted by Crippen LogP contribution is 2.76. The van der Waals surface area contributed by atoms with E-state index in [9.17, 15) is 46.0 Å². The lowest BCUT2D eigenvalue weighted by atomic mass is 9.35. The first-order valence-corrected chi connectivity index (χ1v) is 20.9. The highest BCUT2D eigenvalue weighted by Gasteiger charge is 2.71. The van der Waals surface area contributed by atoms with Crippen LogP contribution in [0.25, 0.3) is 0 Å². The van der Waals surface area contributed by atoms with Crippen LogP contribution in [-0.4, -0.2) is 138 Å². The average molecular weight is 785 g/mol. The lowest BCUT2D eigenvalue weighted by Gasteiger charge is -2.70. The maximum Gasteiger partial charge on any atom is 0.187 e. The Balaban J connectivity index is 1.23. The molecule has 6 fully saturated rings. The van der Waals surface area contributed by atoms with Crippen molar-refractivity contribution in [3.05, 3.63) is 11.6 Å². The molecular weight excluding hydrogens is 712 g/mol. The zero-order valence-electron chi connectivity index (χ0n) is 34.3. The molecule has 9 N–H and O–H groups in total. The Hall–Kier alpha value is -0.780. The summed E-state index contributed by atoms with van der Waals surface area (Å²) in [6.45, 7) is 16.5. The summed E-state index contributed by atoms with van der Waals surface area (Å²) in [5, 5.41) is 97.4. The van der Waals surface area contributed by atoms with E-state index in [1.807, 2.05) is 6.92 Å². The van der Waals surface area contributed by atoms with Gasteiger partial charge in [-0.3, -0.25) is 0 Å². The molecule has 55 heavy (non-hydrogen) atoms. The van der Waals surface area contributed by atoms with Crippen LogP contribution in [0.2, 0.25) is 0 Å². The van der Waals surface area contributed by atoms with E-state index in [0.29, 0.717) is 19.3 Å². The van der Waals surface area contributed by atoms with Gasteiger partial charge in [0.2, 0.25) is 0 Å². The molecule has 2 aliphatic heterocycles. The molecule has 0 aromatic carbocycles. The zero-order chi connectivity index (χ0) is 40.6. The first kappa shape index (κ1) is 43.8. The van der Waals surface area contributed by atoms with Gasteiger partial charge in [0.1, 0.15) is 48.8 Å². The van der Waals surface area contributed by atoms with Gasteiger partial charge in [-0.15, -0.1) is 0 Å². The van der Waals surface area contributed by atoms with Crippen LogP contribution in [0.5, 0.6) is 0 Å². The van der Waals surface area contributed by atoms with Gasteiger partial charge in [0.15, 0.2) is 12.6 Å². The molecule has 0 spiro atoms. The van der Waals surface area contributed by atoms with Crippen molar-refractivity contribution in [1.82, 2.24) is 0 Å². The normalized spacial score (nSPS) is 52.0. The highest BCUT2D eigenvalue weighted by molar-refractivity contribution is 5.20. The number of hydrogen-bond donors (Lipinski definition) is 9. The molecule has 13 heteroatoms. The van der Waals surface area contributed by atoms with Gasteiger partial charge < -0.3 is 64.9 Å². The molecule has 0 amide bonds. The minimum absolute atomic E-state index is 0.00798. The van der Waals surface area contributed by atoms with Crippen molar-refractivity contribution in [2.75, 3.05) is 13.2 Å². The molecule has 0 aromatic rings. The van der Waals surface area contributed by atoms with E-state index in [0.717, 1.165) is 38.5 Å². The first-order valence-electron chi connectivity index (χ1n) is 20.9. The van der Waals surface area contributed by atoms with Crippen molar-refractivity contribution in [1.29, 1.82) is 0 Å². The molecule has 0 bridgehead atoms. The summed E-state index contributed by atoms with van der Waals surface area (Å²) in [6.07, 6.45) is -6.48. The van der Waals surface area contributed by atoms with E-state index in [4.69, 9.17) is 18.9 Å². The fourth-order valence-electron chi connectivity index (χ4n) is 13.3. The van der Waals surface area contributed by atoms with Crippen molar-refractivity contribution in [2.45, 2.75) is 192 Å². The third-order valence-electron chi connectivity index (χ3n) is 16.6. The largest absolute Gasteiger partial charge is 0.394 e. The van der Waals surface area contributed by atoms with Gasteiger partial charge in [0.25, 0.3) is 0 Å². The summed E-state index contributed by atoms with van der Waals surface area (Å²) in [7, 11) is 0. The highest BCUT2D eigenvalue weighted by atomic mass is 16.8. The number of allylic oxidation sites excluding steroid dienone is 2. The summed E-state index contributed by atoms with van der Waals surface area (Å²) >= 11 is 0. The molecule has 6 rings (SSSR count). The smallest absolute Gasteiger partial charge is 0.187 e. The summed E-state index contributed by atoms with van der Waals surface area (Å²) < 4.78 is 24.4. The monoisotopic (exact) mass is 784 g/mol. The van der Waals surface area contributed by atoms with Crippen LogP contribution < -0.4 is 0 Å². The van der Waals surface area contributed by atoms with E-state index in [1.54, 1.807) is 0 Å². The predicted octanol–water partition coefficient (Wildman–Crippen LogP) is 2.15. The minimum Gasteiger partial charge on any atom is -0.394 e. The summed E-state index contributed by atoms with van der Waals surface area (Å²) in [5.41, 5.74) is -0.405. The maximum atomic E-state index is 12.2. The Morgan fingerprint density at radius 2 is 1.33 bits per heavy atom. The van der Waals surface area contributed by atoms with Crippen LogP contribution in [-0.2, 0) is 18.9 Å². The lowest BCUT2D eigenvalue weighted by molar-refractivity contribution is -0.378.